The number of esters is 1. The lowest BCUT2D eigenvalue weighted by Crippen LogP contribution is -2.34. The average Bonchev–Trinajstić information content (AvgIpc) is 2.66. The molecule has 0 radical (unpaired) electrons. The molecular formula is C19H20N2O5. The van der Waals surface area contributed by atoms with Crippen LogP contribution in [0.2, 0.25) is 0 Å². The molecule has 2 rings (SSSR count). The van der Waals surface area contributed by atoms with Gasteiger partial charge in [0, 0.05) is 12.2 Å². The van der Waals surface area contributed by atoms with Gasteiger partial charge in [-0.25, -0.2) is 4.79 Å². The van der Waals surface area contributed by atoms with Crippen LogP contribution in [0.4, 0.5) is 5.69 Å². The van der Waals surface area contributed by atoms with Crippen LogP contribution in [0, 0.1) is 0 Å². The number of rotatable bonds is 7. The predicted octanol–water partition coefficient (Wildman–Crippen LogP) is 1.88. The van der Waals surface area contributed by atoms with Crippen molar-refractivity contribution in [3.05, 3.63) is 60.2 Å². The van der Waals surface area contributed by atoms with Crippen molar-refractivity contribution in [2.24, 2.45) is 0 Å². The molecule has 0 spiro atoms. The van der Waals surface area contributed by atoms with Gasteiger partial charge in [-0.05, 0) is 36.8 Å². The normalized spacial score (nSPS) is 9.88. The number of nitrogens with one attached hydrogen (secondary N) is 2. The lowest BCUT2D eigenvalue weighted by atomic mass is 10.2. The van der Waals surface area contributed by atoms with E-state index >= 15 is 0 Å². The van der Waals surface area contributed by atoms with Crippen LogP contribution in [0.3, 0.4) is 0 Å². The first-order chi connectivity index (χ1) is 12.6. The highest BCUT2D eigenvalue weighted by molar-refractivity contribution is 6.39. The zero-order valence-corrected chi connectivity index (χ0v) is 14.4. The van der Waals surface area contributed by atoms with Crippen molar-refractivity contribution in [3.63, 3.8) is 0 Å². The molecule has 0 saturated carbocycles. The van der Waals surface area contributed by atoms with Gasteiger partial charge in [-0.2, -0.15) is 0 Å². The SMILES string of the molecule is CCOC(=O)COc1ccc(NC(=O)C(=O)NCc2ccccc2)cc1. The smallest absolute Gasteiger partial charge is 0.344 e. The lowest BCUT2D eigenvalue weighted by Gasteiger charge is -2.08. The van der Waals surface area contributed by atoms with Crippen LogP contribution in [0.15, 0.2) is 54.6 Å². The molecule has 0 fully saturated rings. The van der Waals surface area contributed by atoms with Gasteiger partial charge in [0.25, 0.3) is 0 Å². The monoisotopic (exact) mass is 356 g/mol. The Hall–Kier alpha value is -3.35. The van der Waals surface area contributed by atoms with Gasteiger partial charge < -0.3 is 20.1 Å². The summed E-state index contributed by atoms with van der Waals surface area (Å²) in [5, 5.41) is 5.04. The molecule has 2 N–H and O–H groups in total. The van der Waals surface area contributed by atoms with Crippen LogP contribution < -0.4 is 15.4 Å². The molecule has 0 aliphatic heterocycles. The second kappa shape index (κ2) is 9.83. The number of carbonyl (C=O) groups excluding carboxylic acids is 3. The standard InChI is InChI=1S/C19H20N2O5/c1-2-25-17(22)13-26-16-10-8-15(9-11-16)21-19(24)18(23)20-12-14-6-4-3-5-7-14/h3-11H,2,12-13H2,1H3,(H,20,23)(H,21,24). The summed E-state index contributed by atoms with van der Waals surface area (Å²) in [7, 11) is 0. The highest BCUT2D eigenvalue weighted by Crippen LogP contribution is 2.15. The van der Waals surface area contributed by atoms with Gasteiger partial charge in [-0.1, -0.05) is 30.3 Å². The van der Waals surface area contributed by atoms with E-state index in [9.17, 15) is 14.4 Å². The first-order valence-electron chi connectivity index (χ1n) is 8.10. The molecule has 0 heterocycles. The fourth-order valence-corrected chi connectivity index (χ4v) is 2.03. The summed E-state index contributed by atoms with van der Waals surface area (Å²) < 4.78 is 10.0. The van der Waals surface area contributed by atoms with Crippen molar-refractivity contribution >= 4 is 23.5 Å². The minimum Gasteiger partial charge on any atom is -0.482 e. The van der Waals surface area contributed by atoms with Gasteiger partial charge in [0.15, 0.2) is 6.61 Å². The van der Waals surface area contributed by atoms with Crippen molar-refractivity contribution in [3.8, 4) is 5.75 Å². The number of benzene rings is 2. The second-order valence-corrected chi connectivity index (χ2v) is 5.24. The molecule has 26 heavy (non-hydrogen) atoms. The Morgan fingerprint density at radius 3 is 2.27 bits per heavy atom. The summed E-state index contributed by atoms with van der Waals surface area (Å²) in [5.41, 5.74) is 1.34. The Bertz CT molecular complexity index is 744. The number of carbonyl (C=O) groups is 3. The maximum absolute atomic E-state index is 11.9. The summed E-state index contributed by atoms with van der Waals surface area (Å²) in [5.74, 6) is -1.50. The maximum Gasteiger partial charge on any atom is 0.344 e. The minimum atomic E-state index is -0.763. The average molecular weight is 356 g/mol. The molecule has 0 aliphatic carbocycles. The third-order valence-electron chi connectivity index (χ3n) is 3.28. The molecule has 0 aromatic heterocycles. The highest BCUT2D eigenvalue weighted by atomic mass is 16.6. The summed E-state index contributed by atoms with van der Waals surface area (Å²) in [6.45, 7) is 2.08. The third-order valence-corrected chi connectivity index (χ3v) is 3.28. The van der Waals surface area contributed by atoms with E-state index < -0.39 is 17.8 Å². The molecule has 2 aromatic rings. The Morgan fingerprint density at radius 1 is 0.923 bits per heavy atom. The van der Waals surface area contributed by atoms with Crippen LogP contribution in [0.5, 0.6) is 5.75 Å². The number of hydrogen-bond donors (Lipinski definition) is 2. The molecular weight excluding hydrogens is 336 g/mol. The van der Waals surface area contributed by atoms with Crippen LogP contribution in [0.25, 0.3) is 0 Å². The number of amides is 2. The molecule has 0 atom stereocenters. The van der Waals surface area contributed by atoms with Crippen molar-refractivity contribution in [2.45, 2.75) is 13.5 Å². The van der Waals surface area contributed by atoms with Crippen LogP contribution in [0.1, 0.15) is 12.5 Å². The molecule has 0 bridgehead atoms. The zero-order valence-electron chi connectivity index (χ0n) is 14.4. The van der Waals surface area contributed by atoms with Gasteiger partial charge in [-0.15, -0.1) is 0 Å². The maximum atomic E-state index is 11.9. The predicted molar refractivity (Wildman–Crippen MR) is 95.5 cm³/mol. The van der Waals surface area contributed by atoms with E-state index in [2.05, 4.69) is 10.6 Å². The Kier molecular flexibility index (Phi) is 7.17. The van der Waals surface area contributed by atoms with E-state index in [0.717, 1.165) is 5.56 Å². The quantitative estimate of drug-likeness (QED) is 0.584. The summed E-state index contributed by atoms with van der Waals surface area (Å²) in [6.07, 6.45) is 0. The molecule has 7 heteroatoms. The third kappa shape index (κ3) is 6.27. The van der Waals surface area contributed by atoms with Gasteiger partial charge in [0.1, 0.15) is 5.75 Å². The van der Waals surface area contributed by atoms with Crippen molar-refractivity contribution < 1.29 is 23.9 Å². The molecule has 7 nitrogen and oxygen atoms in total. The zero-order chi connectivity index (χ0) is 18.8. The van der Waals surface area contributed by atoms with E-state index in [0.29, 0.717) is 18.0 Å². The number of anilines is 1. The fraction of sp³-hybridized carbons (Fsp3) is 0.211. The Morgan fingerprint density at radius 2 is 1.62 bits per heavy atom. The number of ether oxygens (including phenoxy) is 2. The van der Waals surface area contributed by atoms with Crippen molar-refractivity contribution in [1.82, 2.24) is 5.32 Å². The van der Waals surface area contributed by atoms with E-state index in [1.165, 1.54) is 0 Å². The van der Waals surface area contributed by atoms with E-state index in [4.69, 9.17) is 9.47 Å². The largest absolute Gasteiger partial charge is 0.482 e. The van der Waals surface area contributed by atoms with Gasteiger partial charge in [0.2, 0.25) is 0 Å². The molecule has 2 aromatic carbocycles. The molecule has 136 valence electrons. The lowest BCUT2D eigenvalue weighted by molar-refractivity contribution is -0.145. The number of hydrogen-bond acceptors (Lipinski definition) is 5. The van der Waals surface area contributed by atoms with E-state index in [-0.39, 0.29) is 13.2 Å². The molecule has 0 saturated heterocycles. The van der Waals surface area contributed by atoms with Crippen molar-refractivity contribution in [2.75, 3.05) is 18.5 Å². The van der Waals surface area contributed by atoms with Gasteiger partial charge in [-0.3, -0.25) is 9.59 Å². The highest BCUT2D eigenvalue weighted by Gasteiger charge is 2.13. The Balaban J connectivity index is 1.79. The minimum absolute atomic E-state index is 0.193. The van der Waals surface area contributed by atoms with Crippen LogP contribution in [-0.4, -0.2) is 31.0 Å². The first-order valence-corrected chi connectivity index (χ1v) is 8.10. The fourth-order valence-electron chi connectivity index (χ4n) is 2.03. The van der Waals surface area contributed by atoms with E-state index in [1.807, 2.05) is 30.3 Å². The van der Waals surface area contributed by atoms with E-state index in [1.54, 1.807) is 31.2 Å². The van der Waals surface area contributed by atoms with Gasteiger partial charge in [0.05, 0.1) is 6.61 Å². The summed E-state index contributed by atoms with van der Waals surface area (Å²) >= 11 is 0. The second-order valence-electron chi connectivity index (χ2n) is 5.24. The van der Waals surface area contributed by atoms with Crippen molar-refractivity contribution in [1.29, 1.82) is 0 Å². The molecule has 0 unspecified atom stereocenters. The van der Waals surface area contributed by atoms with Crippen LogP contribution >= 0.6 is 0 Å². The van der Waals surface area contributed by atoms with Crippen LogP contribution in [-0.2, 0) is 25.7 Å². The molecule has 0 aliphatic rings. The topological polar surface area (TPSA) is 93.7 Å². The summed E-state index contributed by atoms with van der Waals surface area (Å²) in [4.78, 5) is 34.9. The summed E-state index contributed by atoms with van der Waals surface area (Å²) in [6, 6.07) is 15.6. The molecule has 2 amide bonds. The first kappa shape index (κ1) is 19.0. The Labute approximate surface area is 151 Å². The van der Waals surface area contributed by atoms with Gasteiger partial charge >= 0.3 is 17.8 Å².